The first kappa shape index (κ1) is 19.1. The molecule has 0 heterocycles. The number of rotatable bonds is 4. The van der Waals surface area contributed by atoms with E-state index in [1.165, 1.54) is 12.1 Å². The molecule has 4 nitrogen and oxygen atoms in total. The summed E-state index contributed by atoms with van der Waals surface area (Å²) in [5, 5.41) is 0. The predicted octanol–water partition coefficient (Wildman–Crippen LogP) is 4.61. The summed E-state index contributed by atoms with van der Waals surface area (Å²) in [6.45, 7) is 4.42. The van der Waals surface area contributed by atoms with Gasteiger partial charge in [0.15, 0.2) is 0 Å². The van der Waals surface area contributed by atoms with E-state index in [1.807, 2.05) is 0 Å². The van der Waals surface area contributed by atoms with Crippen molar-refractivity contribution in [3.05, 3.63) is 24.3 Å². The lowest BCUT2D eigenvalue weighted by Gasteiger charge is -2.65. The van der Waals surface area contributed by atoms with E-state index in [1.54, 1.807) is 0 Å². The molecule has 0 saturated heterocycles. The number of sulfonamides is 1. The van der Waals surface area contributed by atoms with Gasteiger partial charge in [0.25, 0.3) is 0 Å². The van der Waals surface area contributed by atoms with E-state index in [4.69, 9.17) is 0 Å². The first-order chi connectivity index (χ1) is 12.3. The Morgan fingerprint density at radius 3 is 2.19 bits per heavy atom. The Morgan fingerprint density at radius 1 is 1.04 bits per heavy atom. The van der Waals surface area contributed by atoms with E-state index in [9.17, 15) is 21.6 Å². The number of halogens is 3. The molecule has 4 fully saturated rings. The van der Waals surface area contributed by atoms with Crippen LogP contribution in [-0.2, 0) is 10.0 Å². The Morgan fingerprint density at radius 2 is 1.63 bits per heavy atom. The summed E-state index contributed by atoms with van der Waals surface area (Å²) in [5.41, 5.74) is -0.426. The molecule has 0 radical (unpaired) electrons. The van der Waals surface area contributed by atoms with Crippen molar-refractivity contribution in [1.82, 2.24) is 4.72 Å². The molecule has 0 aliphatic heterocycles. The van der Waals surface area contributed by atoms with Gasteiger partial charge in [-0.1, -0.05) is 26.0 Å². The molecule has 4 aliphatic carbocycles. The van der Waals surface area contributed by atoms with Crippen molar-refractivity contribution in [3.63, 3.8) is 0 Å². The Labute approximate surface area is 157 Å². The van der Waals surface area contributed by atoms with Gasteiger partial charge in [-0.15, -0.1) is 13.2 Å². The molecule has 5 rings (SSSR count). The molecule has 27 heavy (non-hydrogen) atoms. The van der Waals surface area contributed by atoms with Crippen LogP contribution in [0.3, 0.4) is 0 Å². The fourth-order valence-electron chi connectivity index (χ4n) is 6.78. The summed E-state index contributed by atoms with van der Waals surface area (Å²) in [4.78, 5) is -0.464. The van der Waals surface area contributed by atoms with Gasteiger partial charge in [-0.05, 0) is 67.4 Å². The molecule has 4 bridgehead atoms. The van der Waals surface area contributed by atoms with Gasteiger partial charge in [0.05, 0.1) is 0 Å². The summed E-state index contributed by atoms with van der Waals surface area (Å²) < 4.78 is 71.0. The molecule has 8 heteroatoms. The van der Waals surface area contributed by atoms with Crippen molar-refractivity contribution in [1.29, 1.82) is 0 Å². The number of para-hydroxylation sites is 1. The fraction of sp³-hybridized carbons (Fsp3) is 0.684. The summed E-state index contributed by atoms with van der Waals surface area (Å²) in [7, 11) is -4.15. The number of nitrogens with one attached hydrogen (secondary N) is 1. The highest BCUT2D eigenvalue weighted by Gasteiger charge is 2.61. The standard InChI is InChI=1S/C19H24F3NO3S/c1-16-7-13-8-17(2,10-16)12-18(9-13,11-16)23-27(24,25)15-6-4-3-5-14(15)26-19(20,21)22/h3-6,13,23H,7-12H2,1-2H3/t13?,16-,17+,18?. The maximum atomic E-state index is 13.1. The third-order valence-corrected chi connectivity index (χ3v) is 7.96. The highest BCUT2D eigenvalue weighted by atomic mass is 32.2. The molecule has 1 N–H and O–H groups in total. The van der Waals surface area contributed by atoms with Crippen LogP contribution in [0, 0.1) is 16.7 Å². The topological polar surface area (TPSA) is 55.4 Å². The molecule has 1 aromatic carbocycles. The molecule has 4 saturated carbocycles. The number of hydrogen-bond donors (Lipinski definition) is 1. The van der Waals surface area contributed by atoms with Crippen molar-refractivity contribution in [2.75, 3.05) is 0 Å². The van der Waals surface area contributed by atoms with Gasteiger partial charge >= 0.3 is 6.36 Å². The molecule has 150 valence electrons. The van der Waals surface area contributed by atoms with E-state index in [0.29, 0.717) is 5.92 Å². The minimum atomic E-state index is -4.95. The van der Waals surface area contributed by atoms with E-state index < -0.39 is 32.6 Å². The predicted molar refractivity (Wildman–Crippen MR) is 93.6 cm³/mol. The van der Waals surface area contributed by atoms with Crippen molar-refractivity contribution in [3.8, 4) is 5.75 Å². The SMILES string of the molecule is C[C@]12CC3CC(NS(=O)(=O)c4ccccc4OC(F)(F)F)(C1)C[C@@](C)(C3)C2. The molecular formula is C19H24F3NO3S. The Kier molecular flexibility index (Phi) is 3.97. The Hall–Kier alpha value is -1.28. The van der Waals surface area contributed by atoms with Gasteiger partial charge in [0.2, 0.25) is 10.0 Å². The highest BCUT2D eigenvalue weighted by Crippen LogP contribution is 2.66. The van der Waals surface area contributed by atoms with E-state index in [2.05, 4.69) is 23.3 Å². The quantitative estimate of drug-likeness (QED) is 0.799. The number of ether oxygens (including phenoxy) is 1. The summed E-state index contributed by atoms with van der Waals surface area (Å²) >= 11 is 0. The lowest BCUT2D eigenvalue weighted by Crippen LogP contribution is -2.65. The minimum absolute atomic E-state index is 0.0820. The fourth-order valence-corrected chi connectivity index (χ4v) is 8.32. The smallest absolute Gasteiger partial charge is 0.404 e. The highest BCUT2D eigenvalue weighted by molar-refractivity contribution is 7.89. The van der Waals surface area contributed by atoms with Crippen molar-refractivity contribution >= 4 is 10.0 Å². The van der Waals surface area contributed by atoms with Crippen LogP contribution in [0.2, 0.25) is 0 Å². The maximum absolute atomic E-state index is 13.1. The van der Waals surface area contributed by atoms with Crippen LogP contribution < -0.4 is 9.46 Å². The van der Waals surface area contributed by atoms with Crippen LogP contribution in [0.15, 0.2) is 29.2 Å². The zero-order valence-electron chi connectivity index (χ0n) is 15.4. The maximum Gasteiger partial charge on any atom is 0.573 e. The molecule has 1 aromatic rings. The molecule has 4 atom stereocenters. The zero-order valence-corrected chi connectivity index (χ0v) is 16.2. The van der Waals surface area contributed by atoms with Gasteiger partial charge < -0.3 is 4.74 Å². The first-order valence-corrected chi connectivity index (χ1v) is 10.7. The van der Waals surface area contributed by atoms with Crippen molar-refractivity contribution in [2.24, 2.45) is 16.7 Å². The van der Waals surface area contributed by atoms with E-state index in [-0.39, 0.29) is 10.8 Å². The van der Waals surface area contributed by atoms with Gasteiger partial charge in [-0.25, -0.2) is 13.1 Å². The molecule has 0 aromatic heterocycles. The lowest BCUT2D eigenvalue weighted by molar-refractivity contribution is -0.275. The third-order valence-electron chi connectivity index (χ3n) is 6.34. The van der Waals surface area contributed by atoms with Gasteiger partial charge in [0.1, 0.15) is 10.6 Å². The normalized spacial score (nSPS) is 38.2. The second-order valence-corrected chi connectivity index (χ2v) is 11.2. The van der Waals surface area contributed by atoms with E-state index >= 15 is 0 Å². The van der Waals surface area contributed by atoms with Crippen molar-refractivity contribution in [2.45, 2.75) is 69.2 Å². The van der Waals surface area contributed by atoms with Crippen LogP contribution in [0.25, 0.3) is 0 Å². The number of benzene rings is 1. The Bertz CT molecular complexity index is 849. The number of alkyl halides is 3. The van der Waals surface area contributed by atoms with Crippen LogP contribution >= 0.6 is 0 Å². The molecular weight excluding hydrogens is 379 g/mol. The largest absolute Gasteiger partial charge is 0.573 e. The second-order valence-electron chi connectivity index (χ2n) is 9.51. The number of hydrogen-bond acceptors (Lipinski definition) is 3. The Balaban J connectivity index is 1.67. The van der Waals surface area contributed by atoms with E-state index in [0.717, 1.165) is 50.7 Å². The lowest BCUT2D eigenvalue weighted by atomic mass is 9.43. The van der Waals surface area contributed by atoms with Crippen LogP contribution in [0.1, 0.15) is 52.4 Å². The average Bonchev–Trinajstić information content (AvgIpc) is 2.40. The minimum Gasteiger partial charge on any atom is -0.404 e. The summed E-state index contributed by atoms with van der Waals surface area (Å²) in [6.07, 6.45) is 0.529. The van der Waals surface area contributed by atoms with Crippen LogP contribution in [0.5, 0.6) is 5.75 Å². The van der Waals surface area contributed by atoms with Gasteiger partial charge in [-0.2, -0.15) is 0 Å². The van der Waals surface area contributed by atoms with Gasteiger partial charge in [0, 0.05) is 5.54 Å². The third kappa shape index (κ3) is 3.58. The zero-order chi connectivity index (χ0) is 19.7. The summed E-state index contributed by atoms with van der Waals surface area (Å²) in [6, 6.07) is 4.92. The monoisotopic (exact) mass is 403 g/mol. The molecule has 0 spiro atoms. The molecule has 0 amide bonds. The molecule has 4 aliphatic rings. The molecule has 2 unspecified atom stereocenters. The van der Waals surface area contributed by atoms with Gasteiger partial charge in [-0.3, -0.25) is 0 Å². The summed E-state index contributed by atoms with van der Waals surface area (Å²) in [5.74, 6) is -0.236. The second kappa shape index (κ2) is 5.63. The van der Waals surface area contributed by atoms with Crippen LogP contribution in [0.4, 0.5) is 13.2 Å². The van der Waals surface area contributed by atoms with Crippen molar-refractivity contribution < 1.29 is 26.3 Å². The average molecular weight is 403 g/mol. The van der Waals surface area contributed by atoms with Crippen LogP contribution in [-0.4, -0.2) is 20.3 Å². The first-order valence-electron chi connectivity index (χ1n) is 9.20.